The van der Waals surface area contributed by atoms with E-state index in [9.17, 15) is 52.7 Å². The third kappa shape index (κ3) is 14.1. The van der Waals surface area contributed by atoms with Gasteiger partial charge in [0.25, 0.3) is 0 Å². The molecule has 1 aliphatic rings. The van der Waals surface area contributed by atoms with Crippen molar-refractivity contribution in [2.75, 3.05) is 0 Å². The summed E-state index contributed by atoms with van der Waals surface area (Å²) in [6, 6.07) is 55.5. The van der Waals surface area contributed by atoms with Gasteiger partial charge in [-0.2, -0.15) is 82.1 Å². The van der Waals surface area contributed by atoms with Crippen molar-refractivity contribution < 1.29 is 73.5 Å². The minimum Gasteiger partial charge on any atom is -0.184 e. The Morgan fingerprint density at radius 1 is 0.438 bits per heavy atom. The van der Waals surface area contributed by atoms with Crippen LogP contribution in [0.1, 0.15) is 60.1 Å². The fourth-order valence-corrected chi connectivity index (χ4v) is 11.1. The smallest absolute Gasteiger partial charge is 0.0920 e. The van der Waals surface area contributed by atoms with E-state index in [1.54, 1.807) is 12.1 Å². The average molecular weight is 1230 g/mol. The summed E-state index contributed by atoms with van der Waals surface area (Å²) in [4.78, 5) is 0. The number of aryl methyl sites for hydroxylation is 2. The van der Waals surface area contributed by atoms with Crippen molar-refractivity contribution in [3.05, 3.63) is 228 Å². The van der Waals surface area contributed by atoms with Crippen molar-refractivity contribution in [3.63, 3.8) is 0 Å². The van der Waals surface area contributed by atoms with Gasteiger partial charge >= 0.3 is 62.6 Å². The molecule has 0 unspecified atom stereocenters. The predicted octanol–water partition coefficient (Wildman–Crippen LogP) is 20.3. The van der Waals surface area contributed by atoms with Crippen LogP contribution >= 0.6 is 17.0 Å². The molecule has 16 heteroatoms. The van der Waals surface area contributed by atoms with Gasteiger partial charge in [-0.1, -0.05) is 157 Å². The largest absolute Gasteiger partial charge is 0.184 e. The number of alkyl halides is 12. The number of benzene rings is 8. The first-order chi connectivity index (χ1) is 38.0. The molecule has 10 aromatic rings. The van der Waals surface area contributed by atoms with Gasteiger partial charge in [-0.15, -0.1) is 74.6 Å². The van der Waals surface area contributed by atoms with Crippen LogP contribution in [0.4, 0.5) is 52.7 Å². The Bertz CT molecular complexity index is 3420. The zero-order chi connectivity index (χ0) is 57.6. The first-order valence-corrected chi connectivity index (χ1v) is 32.3. The monoisotopic (exact) mass is 1230 g/mol. The molecule has 11 rings (SSSR count). The normalized spacial score (nSPS) is 12.2. The van der Waals surface area contributed by atoms with Gasteiger partial charge in [0.15, 0.2) is 0 Å². The van der Waals surface area contributed by atoms with Crippen molar-refractivity contribution in [1.82, 2.24) is 0 Å². The summed E-state index contributed by atoms with van der Waals surface area (Å²) in [7, 11) is 10.7. The first kappa shape index (κ1) is 59.9. The standard InChI is InChI=1S/2C26H19F6.C12H7Si.2ClH.Zr/c2*1-2-6-17-9-10-18-11-19(16-7-4-3-5-8-16)14-23(18)24(17)20-12-21(25(27,28)29)15-22(13-20)26(30,31)32;1-3-7-11-9(5-1)10-6-2-4-8-12(10)13-11;;;/h2*3-5,7-15H,2,6H2,1H3;1-7H;2*1H;/q3*-1;;;+2/p-2. The average Bonchev–Trinajstić information content (AvgIpc) is 4.25. The van der Waals surface area contributed by atoms with E-state index in [1.807, 2.05) is 117 Å². The van der Waals surface area contributed by atoms with E-state index in [4.69, 9.17) is 17.0 Å². The van der Waals surface area contributed by atoms with Crippen LogP contribution in [0.3, 0.4) is 0 Å². The number of hydrogen-bond donors (Lipinski definition) is 0. The molecule has 1 aliphatic heterocycles. The summed E-state index contributed by atoms with van der Waals surface area (Å²) in [5.74, 6) is 0. The Labute approximate surface area is 476 Å². The van der Waals surface area contributed by atoms with Crippen molar-refractivity contribution in [2.24, 2.45) is 0 Å². The van der Waals surface area contributed by atoms with Crippen LogP contribution in [-0.2, 0) is 58.4 Å². The molecule has 0 fully saturated rings. The third-order valence-corrected chi connectivity index (χ3v) is 14.7. The van der Waals surface area contributed by atoms with Crippen molar-refractivity contribution in [1.29, 1.82) is 0 Å². The quantitative estimate of drug-likeness (QED) is 0.0808. The van der Waals surface area contributed by atoms with E-state index < -0.39 is 67.8 Å². The summed E-state index contributed by atoms with van der Waals surface area (Å²) in [5.41, 5.74) is 3.22. The molecule has 0 atom stereocenters. The Morgan fingerprint density at radius 3 is 1.20 bits per heavy atom. The molecule has 0 aliphatic carbocycles. The van der Waals surface area contributed by atoms with Gasteiger partial charge in [-0.05, 0) is 71.5 Å². The molecule has 0 nitrogen and oxygen atoms in total. The molecule has 410 valence electrons. The molecular formula is C64H45Cl2F12SiZr-3. The zero-order valence-corrected chi connectivity index (χ0v) is 47.5. The topological polar surface area (TPSA) is 0 Å². The minimum absolute atomic E-state index is 0.0774. The fraction of sp³-hybridized carbons (Fsp3) is 0.156. The number of halogens is 14. The van der Waals surface area contributed by atoms with Gasteiger partial charge in [-0.25, -0.2) is 0 Å². The van der Waals surface area contributed by atoms with Gasteiger partial charge < -0.3 is 0 Å². The molecule has 0 saturated heterocycles. The molecule has 2 radical (unpaired) electrons. The van der Waals surface area contributed by atoms with Gasteiger partial charge in [-0.3, -0.25) is 0 Å². The Kier molecular flexibility index (Phi) is 19.0. The molecule has 0 amide bonds. The summed E-state index contributed by atoms with van der Waals surface area (Å²) in [6.07, 6.45) is -17.1. The summed E-state index contributed by atoms with van der Waals surface area (Å²) in [6.45, 7) is 3.84. The predicted molar refractivity (Wildman–Crippen MR) is 296 cm³/mol. The zero-order valence-electron chi connectivity index (χ0n) is 42.5. The molecule has 0 aromatic heterocycles. The van der Waals surface area contributed by atoms with Crippen LogP contribution in [0.25, 0.3) is 77.2 Å². The van der Waals surface area contributed by atoms with E-state index >= 15 is 0 Å². The fourth-order valence-electron chi connectivity index (χ4n) is 9.81. The molecule has 0 bridgehead atoms. The van der Waals surface area contributed by atoms with Gasteiger partial charge in [0.05, 0.1) is 31.8 Å². The SMILES string of the molecule is CCCc1ccc2[cH-]c(-c3ccccc3)cc2c1-c1cc(C(F)(F)F)cc(C(F)(F)F)c1.CCCc1ccc2[cH-]c(-c3ccccc3)cc2c1-c1cc(C(F)(F)F)cc(C(F)(F)F)c1.[Cl][Zr][Cl].[c-]1cccc2c1[Si]c1ccccc1-2. The molecule has 1 heterocycles. The minimum atomic E-state index is -4.89. The van der Waals surface area contributed by atoms with Crippen LogP contribution in [0.2, 0.25) is 0 Å². The Balaban J connectivity index is 0.000000165. The summed E-state index contributed by atoms with van der Waals surface area (Å²) >= 11 is -0.826. The van der Waals surface area contributed by atoms with E-state index in [0.717, 1.165) is 77.9 Å². The maximum atomic E-state index is 13.5. The molecule has 0 N–H and O–H groups in total. The molecular weight excluding hydrogens is 1190 g/mol. The van der Waals surface area contributed by atoms with Gasteiger partial charge in [0, 0.05) is 0 Å². The van der Waals surface area contributed by atoms with E-state index in [0.29, 0.717) is 47.6 Å². The first-order valence-electron chi connectivity index (χ1n) is 25.0. The number of fused-ring (bicyclic) bond motifs is 5. The van der Waals surface area contributed by atoms with Crippen molar-refractivity contribution in [3.8, 4) is 55.6 Å². The Morgan fingerprint density at radius 2 is 0.812 bits per heavy atom. The van der Waals surface area contributed by atoms with Crippen LogP contribution in [0.15, 0.2) is 188 Å². The van der Waals surface area contributed by atoms with Crippen LogP contribution in [-0.4, -0.2) is 9.52 Å². The van der Waals surface area contributed by atoms with E-state index in [2.05, 4.69) is 42.5 Å². The third-order valence-electron chi connectivity index (χ3n) is 13.3. The maximum Gasteiger partial charge on any atom is 0.0920 e. The summed E-state index contributed by atoms with van der Waals surface area (Å²) in [5, 5.41) is 5.64. The van der Waals surface area contributed by atoms with Crippen LogP contribution < -0.4 is 10.4 Å². The van der Waals surface area contributed by atoms with Crippen molar-refractivity contribution in [2.45, 2.75) is 64.2 Å². The molecule has 80 heavy (non-hydrogen) atoms. The van der Waals surface area contributed by atoms with Gasteiger partial charge in [0.2, 0.25) is 0 Å². The van der Waals surface area contributed by atoms with E-state index in [-0.39, 0.29) is 23.3 Å². The molecule has 0 saturated carbocycles. The van der Waals surface area contributed by atoms with Crippen LogP contribution in [0.5, 0.6) is 0 Å². The second-order valence-electron chi connectivity index (χ2n) is 18.7. The number of rotatable bonds is 8. The molecule has 0 spiro atoms. The Hall–Kier alpha value is -6.18. The van der Waals surface area contributed by atoms with Gasteiger partial charge in [0.1, 0.15) is 0 Å². The second kappa shape index (κ2) is 25.3. The molecule has 10 aromatic carbocycles. The maximum absolute atomic E-state index is 13.5. The second-order valence-corrected chi connectivity index (χ2v) is 23.7. The van der Waals surface area contributed by atoms with Crippen LogP contribution in [0, 0.1) is 6.07 Å². The van der Waals surface area contributed by atoms with Crippen molar-refractivity contribution >= 4 is 58.5 Å². The summed E-state index contributed by atoms with van der Waals surface area (Å²) < 4.78 is 162. The van der Waals surface area contributed by atoms with E-state index in [1.165, 1.54) is 21.5 Å². The number of hydrogen-bond acceptors (Lipinski definition) is 0.